The average molecular weight is 124 g/mol. The van der Waals surface area contributed by atoms with Crippen LogP contribution in [0.4, 0.5) is 0 Å². The van der Waals surface area contributed by atoms with Gasteiger partial charge < -0.3 is 0 Å². The molecule has 0 bridgehead atoms. The molecule has 0 unspecified atom stereocenters. The molecule has 1 heterocycles. The lowest BCUT2D eigenvalue weighted by Gasteiger charge is -1.84. The van der Waals surface area contributed by atoms with Crippen LogP contribution in [0, 0.1) is 20.8 Å². The number of rotatable bonds is 0. The molecule has 0 fully saturated rings. The van der Waals surface area contributed by atoms with Gasteiger partial charge in [-0.25, -0.2) is 4.42 Å². The van der Waals surface area contributed by atoms with Gasteiger partial charge in [-0.05, 0) is 12.5 Å². The van der Waals surface area contributed by atoms with Gasteiger partial charge in [0.1, 0.15) is 0 Å². The molecule has 1 rings (SSSR count). The number of hydrogen-bond donors (Lipinski definition) is 0. The highest BCUT2D eigenvalue weighted by Crippen LogP contribution is 2.06. The largest absolute Gasteiger partial charge is 0.326 e. The predicted octanol–water partition coefficient (Wildman–Crippen LogP) is 2.49. The number of aryl methyl sites for hydroxylation is 3. The van der Waals surface area contributed by atoms with E-state index in [1.54, 1.807) is 0 Å². The summed E-state index contributed by atoms with van der Waals surface area (Å²) in [6.45, 7) is 5.98. The quantitative estimate of drug-likeness (QED) is 0.483. The normalized spacial score (nSPS) is 9.67. The van der Waals surface area contributed by atoms with Gasteiger partial charge in [0, 0.05) is 12.1 Å². The standard InChI is InChI=1S/C8H11O/c1-6-4-7(2)9-8(3)5-6/h4-5H,1-3H3/q+1/i6+1. The van der Waals surface area contributed by atoms with Gasteiger partial charge in [-0.1, -0.05) is 0 Å². The Labute approximate surface area is 55.3 Å². The van der Waals surface area contributed by atoms with Gasteiger partial charge >= 0.3 is 11.5 Å². The monoisotopic (exact) mass is 124 g/mol. The first-order valence-electron chi connectivity index (χ1n) is 3.06. The fourth-order valence-corrected chi connectivity index (χ4v) is 0.996. The van der Waals surface area contributed by atoms with E-state index in [2.05, 4.69) is 6.92 Å². The molecule has 0 spiro atoms. The van der Waals surface area contributed by atoms with Crippen molar-refractivity contribution in [1.82, 2.24) is 0 Å². The molecule has 0 saturated heterocycles. The lowest BCUT2D eigenvalue weighted by atomic mass is 10.4. The van der Waals surface area contributed by atoms with Gasteiger partial charge in [0.25, 0.3) is 0 Å². The molecular weight excluding hydrogens is 113 g/mol. The molecule has 0 radical (unpaired) electrons. The predicted molar refractivity (Wildman–Crippen MR) is 37.3 cm³/mol. The summed E-state index contributed by atoms with van der Waals surface area (Å²) in [7, 11) is 0. The molecule has 9 heavy (non-hydrogen) atoms. The van der Waals surface area contributed by atoms with Crippen LogP contribution in [0.3, 0.4) is 0 Å². The Morgan fingerprint density at radius 3 is 1.78 bits per heavy atom. The maximum atomic E-state index is 5.26. The molecule has 0 aromatic carbocycles. The lowest BCUT2D eigenvalue weighted by Crippen LogP contribution is -1.78. The Morgan fingerprint density at radius 2 is 1.44 bits per heavy atom. The molecule has 0 atom stereocenters. The summed E-state index contributed by atoms with van der Waals surface area (Å²) in [5.74, 6) is 1.96. The minimum Gasteiger partial charge on any atom is -0.218 e. The van der Waals surface area contributed by atoms with Crippen molar-refractivity contribution in [3.63, 3.8) is 0 Å². The molecule has 1 aromatic rings. The highest BCUT2D eigenvalue weighted by atomic mass is 16.3. The van der Waals surface area contributed by atoms with Gasteiger partial charge in [-0.15, -0.1) is 0 Å². The maximum Gasteiger partial charge on any atom is 0.326 e. The Bertz CT molecular complexity index is 165. The zero-order valence-corrected chi connectivity index (χ0v) is 6.06. The first-order valence-corrected chi connectivity index (χ1v) is 3.06. The van der Waals surface area contributed by atoms with E-state index in [1.807, 2.05) is 26.0 Å². The fourth-order valence-electron chi connectivity index (χ4n) is 0.996. The third kappa shape index (κ3) is 1.53. The van der Waals surface area contributed by atoms with Crippen LogP contribution in [0.25, 0.3) is 0 Å². The highest BCUT2D eigenvalue weighted by Gasteiger charge is 2.03. The first kappa shape index (κ1) is 6.27. The van der Waals surface area contributed by atoms with E-state index in [4.69, 9.17) is 4.42 Å². The van der Waals surface area contributed by atoms with Gasteiger partial charge in [-0.3, -0.25) is 0 Å². The van der Waals surface area contributed by atoms with Crippen molar-refractivity contribution in [2.24, 2.45) is 0 Å². The van der Waals surface area contributed by atoms with Gasteiger partial charge in [-0.2, -0.15) is 0 Å². The maximum absolute atomic E-state index is 5.26. The van der Waals surface area contributed by atoms with E-state index < -0.39 is 0 Å². The second-order valence-corrected chi connectivity index (χ2v) is 2.36. The minimum atomic E-state index is 0.979. The topological polar surface area (TPSA) is 11.3 Å². The average Bonchev–Trinajstić information content (AvgIpc) is 1.59. The van der Waals surface area contributed by atoms with Crippen molar-refractivity contribution < 1.29 is 4.42 Å². The molecule has 0 saturated carbocycles. The summed E-state index contributed by atoms with van der Waals surface area (Å²) in [5.41, 5.74) is 1.26. The minimum absolute atomic E-state index is 0.979. The van der Waals surface area contributed by atoms with Crippen LogP contribution in [-0.4, -0.2) is 0 Å². The van der Waals surface area contributed by atoms with Crippen LogP contribution in [0.5, 0.6) is 0 Å². The first-order chi connectivity index (χ1) is 4.18. The lowest BCUT2D eigenvalue weighted by molar-refractivity contribution is 0.484. The molecule has 0 aliphatic rings. The van der Waals surface area contributed by atoms with Gasteiger partial charge in [0.15, 0.2) is 0 Å². The molecule has 0 amide bonds. The molecule has 1 aromatic heterocycles. The Hall–Kier alpha value is -0.850. The summed E-state index contributed by atoms with van der Waals surface area (Å²) >= 11 is 0. The van der Waals surface area contributed by atoms with Crippen LogP contribution in [0.2, 0.25) is 0 Å². The van der Waals surface area contributed by atoms with Crippen molar-refractivity contribution in [2.75, 3.05) is 0 Å². The van der Waals surface area contributed by atoms with Crippen LogP contribution in [-0.2, 0) is 0 Å². The summed E-state index contributed by atoms with van der Waals surface area (Å²) < 4.78 is 5.26. The Balaban J connectivity index is 3.17. The van der Waals surface area contributed by atoms with E-state index in [1.165, 1.54) is 5.56 Å². The Kier molecular flexibility index (Phi) is 1.52. The van der Waals surface area contributed by atoms with Crippen LogP contribution in [0.1, 0.15) is 17.1 Å². The zero-order chi connectivity index (χ0) is 6.85. The third-order valence-corrected chi connectivity index (χ3v) is 1.18. The molecule has 48 valence electrons. The van der Waals surface area contributed by atoms with Gasteiger partial charge in [0.05, 0.1) is 13.8 Å². The van der Waals surface area contributed by atoms with E-state index in [9.17, 15) is 0 Å². The van der Waals surface area contributed by atoms with Crippen LogP contribution in [0.15, 0.2) is 16.5 Å². The van der Waals surface area contributed by atoms with E-state index >= 15 is 0 Å². The molecule has 0 aliphatic heterocycles. The van der Waals surface area contributed by atoms with Crippen molar-refractivity contribution in [3.8, 4) is 0 Å². The summed E-state index contributed by atoms with van der Waals surface area (Å²) in [6, 6.07) is 4.04. The van der Waals surface area contributed by atoms with E-state index in [-0.39, 0.29) is 0 Å². The molecule has 1 heteroatoms. The smallest absolute Gasteiger partial charge is 0.218 e. The van der Waals surface area contributed by atoms with Crippen LogP contribution >= 0.6 is 0 Å². The van der Waals surface area contributed by atoms with Crippen molar-refractivity contribution in [1.29, 1.82) is 0 Å². The van der Waals surface area contributed by atoms with E-state index in [0.717, 1.165) is 11.5 Å². The SMILES string of the molecule is Cc1c[13c](C)cc(C)[o+]1. The van der Waals surface area contributed by atoms with Gasteiger partial charge in [0.2, 0.25) is 0 Å². The number of hydrogen-bond acceptors (Lipinski definition) is 0. The summed E-state index contributed by atoms with van der Waals surface area (Å²) in [5, 5.41) is 0. The van der Waals surface area contributed by atoms with Crippen molar-refractivity contribution in [2.45, 2.75) is 20.8 Å². The zero-order valence-electron chi connectivity index (χ0n) is 6.06. The van der Waals surface area contributed by atoms with Crippen molar-refractivity contribution >= 4 is 0 Å². The fraction of sp³-hybridized carbons (Fsp3) is 0.375. The molecular formula is C8H11O+. The van der Waals surface area contributed by atoms with Crippen molar-refractivity contribution in [3.05, 3.63) is 29.2 Å². The second kappa shape index (κ2) is 2.18. The second-order valence-electron chi connectivity index (χ2n) is 2.36. The van der Waals surface area contributed by atoms with E-state index in [0.29, 0.717) is 0 Å². The summed E-state index contributed by atoms with van der Waals surface area (Å²) in [4.78, 5) is 0. The highest BCUT2D eigenvalue weighted by molar-refractivity contribution is 5.14. The molecule has 0 N–H and O–H groups in total. The third-order valence-electron chi connectivity index (χ3n) is 1.18. The van der Waals surface area contributed by atoms with Crippen LogP contribution < -0.4 is 0 Å². The summed E-state index contributed by atoms with van der Waals surface area (Å²) in [6.07, 6.45) is 0. The molecule has 0 aliphatic carbocycles. The Morgan fingerprint density at radius 1 is 1.00 bits per heavy atom. The molecule has 1 nitrogen and oxygen atoms in total.